The number of anilines is 1. The minimum Gasteiger partial charge on any atom is -0.445 e. The Hall–Kier alpha value is -1.90. The summed E-state index contributed by atoms with van der Waals surface area (Å²) >= 11 is 0. The van der Waals surface area contributed by atoms with E-state index in [2.05, 4.69) is 0 Å². The minimum atomic E-state index is -5.13. The molecule has 5 nitrogen and oxygen atoms in total. The van der Waals surface area contributed by atoms with Gasteiger partial charge in [-0.3, -0.25) is 4.90 Å². The summed E-state index contributed by atoms with van der Waals surface area (Å²) in [5.74, 6) is 0. The van der Waals surface area contributed by atoms with Crippen LogP contribution in [0, 0.1) is 13.8 Å². The fraction of sp³-hybridized carbons (Fsp3) is 0.611. The summed E-state index contributed by atoms with van der Waals surface area (Å²) in [5, 5.41) is 0. The normalized spacial score (nSPS) is 16.5. The van der Waals surface area contributed by atoms with Crippen LogP contribution in [0.4, 0.5) is 23.4 Å². The molecule has 1 aromatic carbocycles. The van der Waals surface area contributed by atoms with E-state index in [1.165, 1.54) is 13.8 Å². The van der Waals surface area contributed by atoms with Gasteiger partial charge in [0.25, 0.3) is 0 Å². The van der Waals surface area contributed by atoms with Crippen LogP contribution in [0.3, 0.4) is 0 Å². The zero-order valence-electron chi connectivity index (χ0n) is 16.6. The highest BCUT2D eigenvalue weighted by molar-refractivity contribution is 6.74. The SMILES string of the molecule is Cc1c(N)cc(CN2CCN(C(=O)OC(C)(C)C)CC2)c(C)c1[B-](F)(F)F. The molecule has 0 aromatic heterocycles. The molecule has 1 saturated heterocycles. The molecule has 0 unspecified atom stereocenters. The van der Waals surface area contributed by atoms with Crippen LogP contribution in [-0.2, 0) is 11.3 Å². The van der Waals surface area contributed by atoms with Crippen molar-refractivity contribution < 1.29 is 22.5 Å². The molecule has 0 bridgehead atoms. The van der Waals surface area contributed by atoms with Crippen LogP contribution in [0.15, 0.2) is 6.07 Å². The second-order valence-corrected chi connectivity index (χ2v) is 8.11. The molecule has 1 aromatic rings. The zero-order chi connectivity index (χ0) is 20.6. The number of nitrogens with zero attached hydrogens (tertiary/aromatic N) is 2. The summed E-state index contributed by atoms with van der Waals surface area (Å²) in [7, 11) is 0. The first-order valence-corrected chi connectivity index (χ1v) is 9.08. The molecule has 0 atom stereocenters. The van der Waals surface area contributed by atoms with E-state index in [-0.39, 0.29) is 22.9 Å². The molecule has 27 heavy (non-hydrogen) atoms. The van der Waals surface area contributed by atoms with Crippen molar-refractivity contribution >= 4 is 24.2 Å². The number of halogens is 3. The molecular weight excluding hydrogens is 358 g/mol. The van der Waals surface area contributed by atoms with Crippen molar-refractivity contribution in [1.29, 1.82) is 0 Å². The summed E-state index contributed by atoms with van der Waals surface area (Å²) < 4.78 is 45.7. The Bertz CT molecular complexity index is 709. The number of amides is 1. The number of ether oxygens (including phenoxy) is 1. The van der Waals surface area contributed by atoms with Crippen molar-refractivity contribution in [3.8, 4) is 0 Å². The van der Waals surface area contributed by atoms with Gasteiger partial charge in [0, 0.05) is 38.4 Å². The van der Waals surface area contributed by atoms with Crippen molar-refractivity contribution in [3.05, 3.63) is 22.8 Å². The summed E-state index contributed by atoms with van der Waals surface area (Å²) in [6.07, 6.45) is -0.361. The maximum atomic E-state index is 13.5. The van der Waals surface area contributed by atoms with E-state index in [0.29, 0.717) is 38.3 Å². The van der Waals surface area contributed by atoms with Gasteiger partial charge < -0.3 is 28.3 Å². The quantitative estimate of drug-likeness (QED) is 0.641. The van der Waals surface area contributed by atoms with Gasteiger partial charge in [0.1, 0.15) is 5.60 Å². The fourth-order valence-electron chi connectivity index (χ4n) is 3.33. The molecule has 0 spiro atoms. The lowest BCUT2D eigenvalue weighted by atomic mass is 9.72. The van der Waals surface area contributed by atoms with Crippen molar-refractivity contribution in [2.45, 2.75) is 46.8 Å². The number of rotatable bonds is 3. The summed E-state index contributed by atoms with van der Waals surface area (Å²) in [4.78, 5) is 15.8. The van der Waals surface area contributed by atoms with Crippen molar-refractivity contribution in [1.82, 2.24) is 9.80 Å². The van der Waals surface area contributed by atoms with E-state index in [9.17, 15) is 17.7 Å². The fourth-order valence-corrected chi connectivity index (χ4v) is 3.33. The van der Waals surface area contributed by atoms with Crippen LogP contribution in [-0.4, -0.2) is 54.7 Å². The van der Waals surface area contributed by atoms with Gasteiger partial charge >= 0.3 is 13.1 Å². The Morgan fingerprint density at radius 3 is 2.19 bits per heavy atom. The van der Waals surface area contributed by atoms with Gasteiger partial charge in [-0.1, -0.05) is 11.1 Å². The Labute approximate surface area is 158 Å². The lowest BCUT2D eigenvalue weighted by molar-refractivity contribution is 0.0139. The van der Waals surface area contributed by atoms with Gasteiger partial charge in [0.2, 0.25) is 0 Å². The van der Waals surface area contributed by atoms with E-state index in [1.54, 1.807) is 11.0 Å². The van der Waals surface area contributed by atoms with Gasteiger partial charge in [0.05, 0.1) is 0 Å². The van der Waals surface area contributed by atoms with Crippen LogP contribution < -0.4 is 11.2 Å². The third kappa shape index (κ3) is 5.31. The van der Waals surface area contributed by atoms with Crippen molar-refractivity contribution in [2.24, 2.45) is 0 Å². The van der Waals surface area contributed by atoms with Crippen molar-refractivity contribution in [2.75, 3.05) is 31.9 Å². The Kier molecular flexibility index (Phi) is 6.04. The number of nitrogens with two attached hydrogens (primary N) is 1. The first kappa shape index (κ1) is 21.4. The van der Waals surface area contributed by atoms with E-state index in [0.717, 1.165) is 0 Å². The lowest BCUT2D eigenvalue weighted by Crippen LogP contribution is -2.49. The summed E-state index contributed by atoms with van der Waals surface area (Å²) in [5.41, 5.74) is 5.77. The Balaban J connectivity index is 2.08. The highest BCUT2D eigenvalue weighted by atomic mass is 19.4. The van der Waals surface area contributed by atoms with Gasteiger partial charge in [0.15, 0.2) is 0 Å². The van der Waals surface area contributed by atoms with Crippen LogP contribution in [0.5, 0.6) is 0 Å². The van der Waals surface area contributed by atoms with Gasteiger partial charge in [-0.2, -0.15) is 0 Å². The molecular formula is C18H28BF3N3O2-. The monoisotopic (exact) mass is 386 g/mol. The molecule has 1 heterocycles. The largest absolute Gasteiger partial charge is 0.510 e. The zero-order valence-corrected chi connectivity index (χ0v) is 16.6. The average molecular weight is 386 g/mol. The lowest BCUT2D eigenvalue weighted by Gasteiger charge is -2.36. The molecule has 2 N–H and O–H groups in total. The van der Waals surface area contributed by atoms with Crippen LogP contribution >= 0.6 is 0 Å². The maximum Gasteiger partial charge on any atom is 0.510 e. The molecule has 1 aliphatic heterocycles. The summed E-state index contributed by atoms with van der Waals surface area (Å²) in [6.45, 7) is 5.69. The summed E-state index contributed by atoms with van der Waals surface area (Å²) in [6, 6.07) is 1.64. The third-order valence-corrected chi connectivity index (χ3v) is 4.80. The number of nitrogen functional groups attached to an aromatic ring is 1. The molecule has 9 heteroatoms. The predicted octanol–water partition coefficient (Wildman–Crippen LogP) is 2.99. The van der Waals surface area contributed by atoms with Crippen LogP contribution in [0.25, 0.3) is 0 Å². The number of carbonyl (C=O) groups excluding carboxylic acids is 1. The number of hydrogen-bond acceptors (Lipinski definition) is 4. The maximum absolute atomic E-state index is 13.5. The molecule has 1 aliphatic rings. The predicted molar refractivity (Wildman–Crippen MR) is 102 cm³/mol. The molecule has 0 aliphatic carbocycles. The van der Waals surface area contributed by atoms with E-state index >= 15 is 0 Å². The second kappa shape index (κ2) is 7.62. The molecule has 1 fully saturated rings. The van der Waals surface area contributed by atoms with E-state index in [1.807, 2.05) is 25.7 Å². The minimum absolute atomic E-state index is 0.0958. The Morgan fingerprint density at radius 1 is 1.15 bits per heavy atom. The second-order valence-electron chi connectivity index (χ2n) is 8.11. The molecule has 1 amide bonds. The van der Waals surface area contributed by atoms with Gasteiger partial charge in [-0.15, -0.1) is 5.46 Å². The molecule has 2 rings (SSSR count). The standard InChI is InChI=1S/C18H28BF3N3O2/c1-12-14(10-15(23)13(2)16(12)19(20,21)22)11-24-6-8-25(9-7-24)17(26)27-18(3,4)5/h10H,6-9,11,23H2,1-5H3/q-1. The van der Waals surface area contributed by atoms with Crippen LogP contribution in [0.2, 0.25) is 0 Å². The highest BCUT2D eigenvalue weighted by Gasteiger charge is 2.32. The van der Waals surface area contributed by atoms with Gasteiger partial charge in [-0.25, -0.2) is 4.79 Å². The van der Waals surface area contributed by atoms with E-state index in [4.69, 9.17) is 10.5 Å². The average Bonchev–Trinajstić information content (AvgIpc) is 2.50. The molecule has 152 valence electrons. The Morgan fingerprint density at radius 2 is 1.70 bits per heavy atom. The smallest absolute Gasteiger partial charge is 0.445 e. The van der Waals surface area contributed by atoms with Gasteiger partial charge in [-0.05, 0) is 46.2 Å². The number of piperazine rings is 1. The first-order chi connectivity index (χ1) is 12.3. The number of carbonyl (C=O) groups is 1. The van der Waals surface area contributed by atoms with E-state index < -0.39 is 18.0 Å². The molecule has 0 saturated carbocycles. The third-order valence-electron chi connectivity index (χ3n) is 4.80. The number of hydrogen-bond donors (Lipinski definition) is 1. The van der Waals surface area contributed by atoms with Crippen LogP contribution in [0.1, 0.15) is 37.5 Å². The highest BCUT2D eigenvalue weighted by Crippen LogP contribution is 2.24. The number of benzene rings is 1. The molecule has 0 radical (unpaired) electrons. The first-order valence-electron chi connectivity index (χ1n) is 9.08. The van der Waals surface area contributed by atoms with Crippen molar-refractivity contribution in [3.63, 3.8) is 0 Å². The topological polar surface area (TPSA) is 58.8 Å².